The molecule has 9 nitrogen and oxygen atoms in total. The predicted molar refractivity (Wildman–Crippen MR) is 112 cm³/mol. The maximum absolute atomic E-state index is 13.9. The second-order valence-electron chi connectivity index (χ2n) is 6.54. The van der Waals surface area contributed by atoms with Crippen LogP contribution in [0, 0.1) is 19.7 Å². The van der Waals surface area contributed by atoms with Crippen LogP contribution in [0.15, 0.2) is 22.6 Å². The highest BCUT2D eigenvalue weighted by Crippen LogP contribution is 2.34. The molecule has 1 N–H and O–H groups in total. The van der Waals surface area contributed by atoms with Gasteiger partial charge in [0.15, 0.2) is 18.0 Å². The minimum atomic E-state index is -0.959. The lowest BCUT2D eigenvalue weighted by molar-refractivity contribution is -0.119. The summed E-state index contributed by atoms with van der Waals surface area (Å²) in [5, 5.41) is 2.88. The molecule has 2 heterocycles. The fourth-order valence-electron chi connectivity index (χ4n) is 3.00. The molecule has 3 aromatic rings. The van der Waals surface area contributed by atoms with Crippen LogP contribution < -0.4 is 5.32 Å². The quantitative estimate of drug-likeness (QED) is 0.435. The van der Waals surface area contributed by atoms with Gasteiger partial charge in [-0.05, 0) is 25.5 Å². The van der Waals surface area contributed by atoms with E-state index in [1.54, 1.807) is 13.0 Å². The number of ether oxygens (including phenoxy) is 3. The first kappa shape index (κ1) is 22.9. The minimum Gasteiger partial charge on any atom is -0.465 e. The molecule has 3 rings (SSSR count). The molecule has 0 bridgehead atoms. The number of aryl methyl sites for hydroxylation is 1. The van der Waals surface area contributed by atoms with Gasteiger partial charge in [-0.2, -0.15) is 0 Å². The summed E-state index contributed by atoms with van der Waals surface area (Å²) in [5.41, 5.74) is 0.546. The second-order valence-corrected chi connectivity index (χ2v) is 7.56. The number of halogens is 1. The molecule has 168 valence electrons. The number of fused-ring (bicyclic) bond motifs is 1. The van der Waals surface area contributed by atoms with Crippen LogP contribution in [-0.4, -0.2) is 44.6 Å². The lowest BCUT2D eigenvalue weighted by Crippen LogP contribution is -2.21. The summed E-state index contributed by atoms with van der Waals surface area (Å²) >= 11 is 0.821. The number of para-hydroxylation sites is 1. The Morgan fingerprint density at radius 1 is 1.03 bits per heavy atom. The molecule has 0 fully saturated rings. The zero-order valence-corrected chi connectivity index (χ0v) is 18.3. The molecule has 0 aliphatic heterocycles. The van der Waals surface area contributed by atoms with Gasteiger partial charge >= 0.3 is 17.9 Å². The number of nitrogens with one attached hydrogen (secondary N) is 1. The average molecular weight is 463 g/mol. The number of furan rings is 1. The molecule has 1 amide bonds. The third-order valence-corrected chi connectivity index (χ3v) is 5.78. The highest BCUT2D eigenvalue weighted by atomic mass is 32.1. The first-order valence-electron chi connectivity index (χ1n) is 9.14. The van der Waals surface area contributed by atoms with Crippen molar-refractivity contribution in [2.75, 3.05) is 26.1 Å². The van der Waals surface area contributed by atoms with Crippen molar-refractivity contribution in [2.24, 2.45) is 0 Å². The number of hydrogen-bond donors (Lipinski definition) is 1. The Morgan fingerprint density at radius 3 is 2.34 bits per heavy atom. The van der Waals surface area contributed by atoms with Crippen LogP contribution in [0.2, 0.25) is 0 Å². The van der Waals surface area contributed by atoms with E-state index in [2.05, 4.69) is 10.1 Å². The van der Waals surface area contributed by atoms with Crippen molar-refractivity contribution >= 4 is 51.1 Å². The van der Waals surface area contributed by atoms with Crippen molar-refractivity contribution in [1.29, 1.82) is 0 Å². The Kier molecular flexibility index (Phi) is 6.58. The number of hydrogen-bond acceptors (Lipinski definition) is 9. The maximum atomic E-state index is 13.9. The molecule has 0 aliphatic rings. The van der Waals surface area contributed by atoms with Gasteiger partial charge < -0.3 is 23.9 Å². The summed E-state index contributed by atoms with van der Waals surface area (Å²) in [6.07, 6.45) is 0. The van der Waals surface area contributed by atoms with E-state index in [1.165, 1.54) is 26.2 Å². The van der Waals surface area contributed by atoms with Gasteiger partial charge in [0.25, 0.3) is 5.91 Å². The Bertz CT molecular complexity index is 1240. The zero-order chi connectivity index (χ0) is 23.6. The number of methoxy groups -OCH3 is 2. The van der Waals surface area contributed by atoms with Crippen molar-refractivity contribution in [2.45, 2.75) is 13.8 Å². The summed E-state index contributed by atoms with van der Waals surface area (Å²) in [5.74, 6) is -4.04. The number of rotatable bonds is 6. The lowest BCUT2D eigenvalue weighted by atomic mass is 10.1. The number of thiophene rings is 1. The van der Waals surface area contributed by atoms with Crippen molar-refractivity contribution in [3.8, 4) is 0 Å². The molecule has 0 unspecified atom stereocenters. The molecular formula is C21H18FNO8S. The molecular weight excluding hydrogens is 445 g/mol. The van der Waals surface area contributed by atoms with E-state index in [9.17, 15) is 23.6 Å². The summed E-state index contributed by atoms with van der Waals surface area (Å²) < 4.78 is 33.5. The third kappa shape index (κ3) is 4.19. The summed E-state index contributed by atoms with van der Waals surface area (Å²) in [6, 6.07) is 4.26. The minimum absolute atomic E-state index is 0.0128. The summed E-state index contributed by atoms with van der Waals surface area (Å²) in [7, 11) is 2.34. The van der Waals surface area contributed by atoms with E-state index in [1.807, 2.05) is 0 Å². The molecule has 11 heteroatoms. The van der Waals surface area contributed by atoms with Gasteiger partial charge in [-0.3, -0.25) is 4.79 Å². The number of anilines is 1. The molecule has 32 heavy (non-hydrogen) atoms. The zero-order valence-electron chi connectivity index (χ0n) is 17.5. The second kappa shape index (κ2) is 9.18. The van der Waals surface area contributed by atoms with Crippen LogP contribution in [0.5, 0.6) is 0 Å². The lowest BCUT2D eigenvalue weighted by Gasteiger charge is -2.06. The molecule has 1 aromatic carbocycles. The Balaban J connectivity index is 1.76. The summed E-state index contributed by atoms with van der Waals surface area (Å²) in [6.45, 7) is 2.35. The number of amides is 1. The Hall–Kier alpha value is -3.73. The first-order chi connectivity index (χ1) is 15.2. The number of carbonyl (C=O) groups is 4. The molecule has 0 spiro atoms. The Labute approximate surface area is 185 Å². The van der Waals surface area contributed by atoms with Crippen LogP contribution in [0.3, 0.4) is 0 Å². The molecule has 0 saturated heterocycles. The number of esters is 3. The molecule has 0 radical (unpaired) electrons. The predicted octanol–water partition coefficient (Wildman–Crippen LogP) is 3.62. The maximum Gasteiger partial charge on any atom is 0.375 e. The molecule has 0 aliphatic carbocycles. The normalized spacial score (nSPS) is 10.7. The van der Waals surface area contributed by atoms with Gasteiger partial charge in [-0.1, -0.05) is 12.1 Å². The monoisotopic (exact) mass is 463 g/mol. The van der Waals surface area contributed by atoms with Crippen LogP contribution in [-0.2, 0) is 19.0 Å². The first-order valence-corrected chi connectivity index (χ1v) is 9.95. The van der Waals surface area contributed by atoms with Crippen LogP contribution >= 0.6 is 11.3 Å². The van der Waals surface area contributed by atoms with E-state index >= 15 is 0 Å². The van der Waals surface area contributed by atoms with Gasteiger partial charge in [0.1, 0.15) is 9.88 Å². The van der Waals surface area contributed by atoms with E-state index in [0.717, 1.165) is 18.4 Å². The third-order valence-electron chi connectivity index (χ3n) is 4.60. The molecule has 0 atom stereocenters. The Morgan fingerprint density at radius 2 is 1.72 bits per heavy atom. The molecule has 2 aromatic heterocycles. The SMILES string of the molecule is COC(=O)c1sc(NC(=O)COC(=O)c2oc3c(F)cccc3c2C)c(C(=O)OC)c1C. The highest BCUT2D eigenvalue weighted by molar-refractivity contribution is 7.18. The number of benzene rings is 1. The van der Waals surface area contributed by atoms with Crippen LogP contribution in [0.4, 0.5) is 9.39 Å². The van der Waals surface area contributed by atoms with E-state index < -0.39 is 36.2 Å². The van der Waals surface area contributed by atoms with Gasteiger partial charge in [-0.25, -0.2) is 18.8 Å². The highest BCUT2D eigenvalue weighted by Gasteiger charge is 2.27. The average Bonchev–Trinajstić information content (AvgIpc) is 3.29. The topological polar surface area (TPSA) is 121 Å². The van der Waals surface area contributed by atoms with Crippen molar-refractivity contribution in [1.82, 2.24) is 0 Å². The van der Waals surface area contributed by atoms with E-state index in [4.69, 9.17) is 13.9 Å². The number of carbonyl (C=O) groups excluding carboxylic acids is 4. The standard InChI is InChI=1S/C21H18FNO8S/c1-9-11-6-5-7-12(22)16(11)31-15(9)20(26)30-8-13(24)23-18-14(19(25)28-3)10(2)17(32-18)21(27)29-4/h5-7H,8H2,1-4H3,(H,23,24). The fraction of sp³-hybridized carbons (Fsp3) is 0.238. The van der Waals surface area contributed by atoms with Crippen LogP contribution in [0.25, 0.3) is 11.0 Å². The van der Waals surface area contributed by atoms with Gasteiger partial charge in [-0.15, -0.1) is 11.3 Å². The van der Waals surface area contributed by atoms with Crippen molar-refractivity contribution < 1.29 is 42.2 Å². The van der Waals surface area contributed by atoms with Crippen molar-refractivity contribution in [3.05, 3.63) is 51.3 Å². The van der Waals surface area contributed by atoms with Crippen LogP contribution in [0.1, 0.15) is 41.7 Å². The van der Waals surface area contributed by atoms with Gasteiger partial charge in [0, 0.05) is 10.9 Å². The van der Waals surface area contributed by atoms with Gasteiger partial charge in [0.05, 0.1) is 19.8 Å². The fourth-order valence-corrected chi connectivity index (χ4v) is 4.13. The summed E-state index contributed by atoms with van der Waals surface area (Å²) in [4.78, 5) is 48.8. The molecule has 0 saturated carbocycles. The van der Waals surface area contributed by atoms with E-state index in [-0.39, 0.29) is 32.3 Å². The van der Waals surface area contributed by atoms with E-state index in [0.29, 0.717) is 10.9 Å². The van der Waals surface area contributed by atoms with Gasteiger partial charge in [0.2, 0.25) is 5.76 Å². The largest absolute Gasteiger partial charge is 0.465 e. The smallest absolute Gasteiger partial charge is 0.375 e. The van der Waals surface area contributed by atoms with Crippen molar-refractivity contribution in [3.63, 3.8) is 0 Å².